The van der Waals surface area contributed by atoms with Crippen molar-refractivity contribution in [2.75, 3.05) is 13.1 Å². The fourth-order valence-corrected chi connectivity index (χ4v) is 4.36. The molecule has 1 aromatic heterocycles. The first kappa shape index (κ1) is 12.6. The second-order valence-electron chi connectivity index (χ2n) is 5.11. The molecule has 0 aliphatic carbocycles. The highest BCUT2D eigenvalue weighted by Crippen LogP contribution is 2.28. The lowest BCUT2D eigenvalue weighted by molar-refractivity contribution is 0.465. The van der Waals surface area contributed by atoms with Crippen molar-refractivity contribution >= 4 is 20.8 Å². The summed E-state index contributed by atoms with van der Waals surface area (Å²) in [7, 11) is -3.39. The molecule has 0 bridgehead atoms. The van der Waals surface area contributed by atoms with E-state index in [-0.39, 0.29) is 0 Å². The van der Waals surface area contributed by atoms with Crippen molar-refractivity contribution in [3.8, 4) is 0 Å². The Hall–Kier alpha value is -1.46. The van der Waals surface area contributed by atoms with Crippen LogP contribution in [-0.2, 0) is 10.0 Å². The van der Waals surface area contributed by atoms with Gasteiger partial charge in [0.1, 0.15) is 0 Å². The van der Waals surface area contributed by atoms with Gasteiger partial charge in [-0.15, -0.1) is 0 Å². The lowest BCUT2D eigenvalue weighted by Crippen LogP contribution is -2.28. The summed E-state index contributed by atoms with van der Waals surface area (Å²) in [6.07, 6.45) is 4.26. The molecule has 1 unspecified atom stereocenters. The Morgan fingerprint density at radius 1 is 1.32 bits per heavy atom. The van der Waals surface area contributed by atoms with Crippen molar-refractivity contribution < 1.29 is 8.42 Å². The average molecular weight is 276 g/mol. The minimum atomic E-state index is -3.39. The van der Waals surface area contributed by atoms with Crippen LogP contribution in [0.25, 0.3) is 10.8 Å². The molecular formula is C14H16N2O2S. The summed E-state index contributed by atoms with van der Waals surface area (Å²) >= 11 is 0. The second kappa shape index (κ2) is 4.58. The van der Waals surface area contributed by atoms with E-state index in [9.17, 15) is 8.42 Å². The number of hydrogen-bond acceptors (Lipinski definition) is 3. The van der Waals surface area contributed by atoms with Crippen LogP contribution in [0, 0.1) is 5.92 Å². The largest absolute Gasteiger partial charge is 0.264 e. The zero-order valence-corrected chi connectivity index (χ0v) is 11.6. The average Bonchev–Trinajstić information content (AvgIpc) is 2.85. The van der Waals surface area contributed by atoms with Crippen LogP contribution >= 0.6 is 0 Å². The van der Waals surface area contributed by atoms with Gasteiger partial charge in [-0.25, -0.2) is 8.42 Å². The number of hydrogen-bond donors (Lipinski definition) is 0. The molecule has 1 atom stereocenters. The van der Waals surface area contributed by atoms with Crippen molar-refractivity contribution in [2.45, 2.75) is 18.2 Å². The topological polar surface area (TPSA) is 50.3 Å². The van der Waals surface area contributed by atoms with Crippen LogP contribution in [-0.4, -0.2) is 30.8 Å². The molecule has 1 fully saturated rings. The highest BCUT2D eigenvalue weighted by atomic mass is 32.2. The zero-order valence-electron chi connectivity index (χ0n) is 10.8. The van der Waals surface area contributed by atoms with Crippen LogP contribution < -0.4 is 0 Å². The zero-order chi connectivity index (χ0) is 13.5. The van der Waals surface area contributed by atoms with Gasteiger partial charge in [-0.05, 0) is 24.5 Å². The molecule has 1 aliphatic rings. The van der Waals surface area contributed by atoms with E-state index in [0.29, 0.717) is 23.9 Å². The molecule has 0 amide bonds. The Balaban J connectivity index is 2.14. The van der Waals surface area contributed by atoms with Gasteiger partial charge in [-0.2, -0.15) is 4.31 Å². The summed E-state index contributed by atoms with van der Waals surface area (Å²) in [4.78, 5) is 4.43. The minimum Gasteiger partial charge on any atom is -0.264 e. The molecule has 1 aliphatic heterocycles. The molecule has 100 valence electrons. The molecule has 4 nitrogen and oxygen atoms in total. The summed E-state index contributed by atoms with van der Waals surface area (Å²) in [6, 6.07) is 7.10. The van der Waals surface area contributed by atoms with E-state index in [2.05, 4.69) is 11.9 Å². The molecule has 0 radical (unpaired) electrons. The number of aromatic nitrogens is 1. The SMILES string of the molecule is CC1CCN(S(=O)(=O)c2cccc3cnccc23)C1. The van der Waals surface area contributed by atoms with Gasteiger partial charge in [0.15, 0.2) is 0 Å². The molecule has 2 aromatic rings. The maximum absolute atomic E-state index is 12.7. The van der Waals surface area contributed by atoms with E-state index in [1.807, 2.05) is 6.07 Å². The van der Waals surface area contributed by atoms with Gasteiger partial charge in [0.05, 0.1) is 4.90 Å². The Morgan fingerprint density at radius 2 is 2.16 bits per heavy atom. The van der Waals surface area contributed by atoms with Crippen molar-refractivity contribution in [2.24, 2.45) is 5.92 Å². The van der Waals surface area contributed by atoms with Crippen molar-refractivity contribution in [1.29, 1.82) is 0 Å². The lowest BCUT2D eigenvalue weighted by Gasteiger charge is -2.17. The molecule has 19 heavy (non-hydrogen) atoms. The third kappa shape index (κ3) is 2.13. The van der Waals surface area contributed by atoms with Crippen LogP contribution in [0.1, 0.15) is 13.3 Å². The molecule has 1 aromatic carbocycles. The Labute approximate surface area is 113 Å². The molecule has 5 heteroatoms. The van der Waals surface area contributed by atoms with Gasteiger partial charge < -0.3 is 0 Å². The summed E-state index contributed by atoms with van der Waals surface area (Å²) in [6.45, 7) is 3.32. The highest BCUT2D eigenvalue weighted by molar-refractivity contribution is 7.89. The maximum atomic E-state index is 12.7. The number of rotatable bonds is 2. The van der Waals surface area contributed by atoms with Gasteiger partial charge in [0, 0.05) is 36.3 Å². The van der Waals surface area contributed by atoms with Crippen LogP contribution in [0.4, 0.5) is 0 Å². The number of fused-ring (bicyclic) bond motifs is 1. The fourth-order valence-electron chi connectivity index (χ4n) is 2.57. The molecule has 2 heterocycles. The number of nitrogens with zero attached hydrogens (tertiary/aromatic N) is 2. The van der Waals surface area contributed by atoms with Gasteiger partial charge in [-0.3, -0.25) is 4.98 Å². The monoisotopic (exact) mass is 276 g/mol. The van der Waals surface area contributed by atoms with Crippen molar-refractivity contribution in [3.63, 3.8) is 0 Å². The Kier molecular flexibility index (Phi) is 3.03. The van der Waals surface area contributed by atoms with E-state index >= 15 is 0 Å². The summed E-state index contributed by atoms with van der Waals surface area (Å²) < 4.78 is 27.0. The summed E-state index contributed by atoms with van der Waals surface area (Å²) in [5, 5.41) is 1.60. The first-order chi connectivity index (χ1) is 9.09. The molecule has 0 saturated carbocycles. The van der Waals surface area contributed by atoms with Crippen LogP contribution in [0.2, 0.25) is 0 Å². The first-order valence-electron chi connectivity index (χ1n) is 6.42. The van der Waals surface area contributed by atoms with Crippen LogP contribution in [0.15, 0.2) is 41.6 Å². The molecule has 0 spiro atoms. The van der Waals surface area contributed by atoms with Crippen LogP contribution in [0.3, 0.4) is 0 Å². The van der Waals surface area contributed by atoms with E-state index in [0.717, 1.165) is 17.2 Å². The van der Waals surface area contributed by atoms with Gasteiger partial charge in [0.25, 0.3) is 0 Å². The molecular weight excluding hydrogens is 260 g/mol. The Bertz CT molecular complexity index is 707. The van der Waals surface area contributed by atoms with E-state index < -0.39 is 10.0 Å². The standard InChI is InChI=1S/C14H16N2O2S/c1-11-6-8-16(10-11)19(17,18)14-4-2-3-12-9-15-7-5-13(12)14/h2-5,7,9,11H,6,8,10H2,1H3. The van der Waals surface area contributed by atoms with Gasteiger partial charge in [0.2, 0.25) is 10.0 Å². The third-order valence-corrected chi connectivity index (χ3v) is 5.57. The van der Waals surface area contributed by atoms with Crippen molar-refractivity contribution in [1.82, 2.24) is 9.29 Å². The molecule has 0 N–H and O–H groups in total. The predicted octanol–water partition coefficient (Wildman–Crippen LogP) is 2.27. The van der Waals surface area contributed by atoms with Crippen molar-refractivity contribution in [3.05, 3.63) is 36.7 Å². The smallest absolute Gasteiger partial charge is 0.243 e. The molecule has 3 rings (SSSR count). The third-order valence-electron chi connectivity index (χ3n) is 3.65. The number of sulfonamides is 1. The fraction of sp³-hybridized carbons (Fsp3) is 0.357. The summed E-state index contributed by atoms with van der Waals surface area (Å²) in [5.41, 5.74) is 0. The second-order valence-corrected chi connectivity index (χ2v) is 7.02. The summed E-state index contributed by atoms with van der Waals surface area (Å²) in [5.74, 6) is 0.436. The van der Waals surface area contributed by atoms with Gasteiger partial charge in [-0.1, -0.05) is 19.1 Å². The molecule has 1 saturated heterocycles. The van der Waals surface area contributed by atoms with Gasteiger partial charge >= 0.3 is 0 Å². The first-order valence-corrected chi connectivity index (χ1v) is 7.86. The Morgan fingerprint density at radius 3 is 2.89 bits per heavy atom. The number of benzene rings is 1. The normalized spacial score (nSPS) is 21.0. The van der Waals surface area contributed by atoms with Crippen LogP contribution in [0.5, 0.6) is 0 Å². The highest BCUT2D eigenvalue weighted by Gasteiger charge is 2.31. The number of pyridine rings is 1. The minimum absolute atomic E-state index is 0.390. The van der Waals surface area contributed by atoms with E-state index in [4.69, 9.17) is 0 Å². The quantitative estimate of drug-likeness (QED) is 0.845. The lowest BCUT2D eigenvalue weighted by atomic mass is 10.2. The predicted molar refractivity (Wildman–Crippen MR) is 74.3 cm³/mol. The van der Waals surface area contributed by atoms with E-state index in [1.165, 1.54) is 0 Å². The van der Waals surface area contributed by atoms with E-state index in [1.54, 1.807) is 34.9 Å². The maximum Gasteiger partial charge on any atom is 0.243 e.